The standard InChI is InChI=1S/C20H22FN5O3/c1-11-18(20(25-29-11)28-16-4-6-22-10-15(16)21)13-5-7-26-14(8-13)9-17(24-26)23-19(27)12-2-3-12/h5,7-9,12,15-16,22H,2-4,6,10H2,1H3,(H,23,24,27)/t15-,16-/m1/s1. The minimum atomic E-state index is -1.09. The molecule has 1 aliphatic heterocycles. The van der Waals surface area contributed by atoms with E-state index in [1.165, 1.54) is 0 Å². The van der Waals surface area contributed by atoms with E-state index in [4.69, 9.17) is 9.26 Å². The number of hydrogen-bond acceptors (Lipinski definition) is 6. The summed E-state index contributed by atoms with van der Waals surface area (Å²) in [5.74, 6) is 1.54. The van der Waals surface area contributed by atoms with Gasteiger partial charge in [0, 0.05) is 24.7 Å². The summed E-state index contributed by atoms with van der Waals surface area (Å²) in [6.45, 7) is 2.77. The summed E-state index contributed by atoms with van der Waals surface area (Å²) < 4.78 is 27.1. The molecule has 0 radical (unpaired) electrons. The van der Waals surface area contributed by atoms with Crippen molar-refractivity contribution >= 4 is 17.2 Å². The van der Waals surface area contributed by atoms with Crippen molar-refractivity contribution in [2.75, 3.05) is 18.4 Å². The number of fused-ring (bicyclic) bond motifs is 1. The number of alkyl halides is 1. The van der Waals surface area contributed by atoms with Crippen LogP contribution in [0.3, 0.4) is 0 Å². The van der Waals surface area contributed by atoms with Gasteiger partial charge in [-0.15, -0.1) is 0 Å². The first-order valence-electron chi connectivity index (χ1n) is 9.87. The predicted octanol–water partition coefficient (Wildman–Crippen LogP) is 2.73. The number of aryl methyl sites for hydroxylation is 1. The molecule has 1 saturated carbocycles. The first-order valence-corrected chi connectivity index (χ1v) is 9.87. The van der Waals surface area contributed by atoms with Gasteiger partial charge in [0.05, 0.1) is 11.1 Å². The highest BCUT2D eigenvalue weighted by Gasteiger charge is 2.30. The highest BCUT2D eigenvalue weighted by molar-refractivity contribution is 5.93. The Bertz CT molecular complexity index is 1060. The topological polar surface area (TPSA) is 93.7 Å². The van der Waals surface area contributed by atoms with Gasteiger partial charge in [-0.3, -0.25) is 4.79 Å². The van der Waals surface area contributed by atoms with E-state index >= 15 is 0 Å². The molecule has 152 valence electrons. The maximum atomic E-state index is 14.2. The lowest BCUT2D eigenvalue weighted by molar-refractivity contribution is -0.117. The van der Waals surface area contributed by atoms with E-state index < -0.39 is 12.3 Å². The molecule has 29 heavy (non-hydrogen) atoms. The number of nitrogens with one attached hydrogen (secondary N) is 2. The van der Waals surface area contributed by atoms with Crippen LogP contribution >= 0.6 is 0 Å². The normalized spacial score (nSPS) is 22.0. The van der Waals surface area contributed by atoms with Crippen LogP contribution in [0.4, 0.5) is 10.2 Å². The first-order chi connectivity index (χ1) is 14.1. The monoisotopic (exact) mass is 399 g/mol. The number of anilines is 1. The van der Waals surface area contributed by atoms with Gasteiger partial charge in [0.2, 0.25) is 5.91 Å². The zero-order chi connectivity index (χ0) is 20.0. The Morgan fingerprint density at radius 2 is 2.24 bits per heavy atom. The Hall–Kier alpha value is -2.94. The quantitative estimate of drug-likeness (QED) is 0.685. The van der Waals surface area contributed by atoms with Gasteiger partial charge in [0.25, 0.3) is 5.88 Å². The van der Waals surface area contributed by atoms with Crippen LogP contribution in [0.25, 0.3) is 16.6 Å². The van der Waals surface area contributed by atoms with Gasteiger partial charge < -0.3 is 19.9 Å². The van der Waals surface area contributed by atoms with Crippen molar-refractivity contribution in [1.82, 2.24) is 20.1 Å². The number of carbonyl (C=O) groups excluding carboxylic acids is 1. The minimum absolute atomic E-state index is 0.0157. The number of ether oxygens (including phenoxy) is 1. The third-order valence-electron chi connectivity index (χ3n) is 5.39. The highest BCUT2D eigenvalue weighted by atomic mass is 19.1. The number of hydrogen-bond donors (Lipinski definition) is 2. The maximum absolute atomic E-state index is 14.2. The van der Waals surface area contributed by atoms with Gasteiger partial charge >= 0.3 is 0 Å². The number of halogens is 1. The predicted molar refractivity (Wildman–Crippen MR) is 104 cm³/mol. The van der Waals surface area contributed by atoms with Gasteiger partial charge in [0.1, 0.15) is 18.0 Å². The summed E-state index contributed by atoms with van der Waals surface area (Å²) in [5, 5.41) is 14.3. The van der Waals surface area contributed by atoms with Crippen LogP contribution in [-0.2, 0) is 4.79 Å². The molecular weight excluding hydrogens is 377 g/mol. The number of amides is 1. The second-order valence-electron chi connectivity index (χ2n) is 7.66. The SMILES string of the molecule is Cc1onc(O[C@@H]2CCNC[C@H]2F)c1-c1ccn2nc(NC(=O)C3CC3)cc2c1. The summed E-state index contributed by atoms with van der Waals surface area (Å²) in [5.41, 5.74) is 2.34. The molecular formula is C20H22FN5O3. The lowest BCUT2D eigenvalue weighted by atomic mass is 10.1. The zero-order valence-electron chi connectivity index (χ0n) is 16.0. The molecule has 4 heterocycles. The van der Waals surface area contributed by atoms with Crippen molar-refractivity contribution < 1.29 is 18.4 Å². The molecule has 0 bridgehead atoms. The Morgan fingerprint density at radius 1 is 1.38 bits per heavy atom. The van der Waals surface area contributed by atoms with E-state index in [9.17, 15) is 9.18 Å². The number of aromatic nitrogens is 3. The second-order valence-corrected chi connectivity index (χ2v) is 7.66. The summed E-state index contributed by atoms with van der Waals surface area (Å²) in [4.78, 5) is 12.0. The third-order valence-corrected chi connectivity index (χ3v) is 5.39. The lowest BCUT2D eigenvalue weighted by Gasteiger charge is -2.26. The number of rotatable bonds is 5. The molecule has 0 unspecified atom stereocenters. The Balaban J connectivity index is 1.42. The Morgan fingerprint density at radius 3 is 3.03 bits per heavy atom. The molecule has 3 aromatic heterocycles. The van der Waals surface area contributed by atoms with E-state index in [-0.39, 0.29) is 18.4 Å². The van der Waals surface area contributed by atoms with Crippen molar-refractivity contribution in [1.29, 1.82) is 0 Å². The van der Waals surface area contributed by atoms with Crippen molar-refractivity contribution in [3.8, 4) is 17.0 Å². The third kappa shape index (κ3) is 3.57. The minimum Gasteiger partial charge on any atom is -0.469 e. The molecule has 0 spiro atoms. The average molecular weight is 399 g/mol. The Kier molecular flexibility index (Phi) is 4.46. The van der Waals surface area contributed by atoms with E-state index in [0.29, 0.717) is 36.0 Å². The number of piperidine rings is 1. The van der Waals surface area contributed by atoms with Crippen LogP contribution in [0.1, 0.15) is 25.0 Å². The molecule has 1 amide bonds. The lowest BCUT2D eigenvalue weighted by Crippen LogP contribution is -2.44. The molecule has 2 aliphatic rings. The first kappa shape index (κ1) is 18.1. The van der Waals surface area contributed by atoms with Crippen molar-refractivity contribution in [3.63, 3.8) is 0 Å². The molecule has 0 aromatic carbocycles. The zero-order valence-corrected chi connectivity index (χ0v) is 16.0. The fraction of sp³-hybridized carbons (Fsp3) is 0.450. The van der Waals surface area contributed by atoms with Crippen LogP contribution in [0.15, 0.2) is 28.9 Å². The van der Waals surface area contributed by atoms with Gasteiger partial charge in [0.15, 0.2) is 5.82 Å². The van der Waals surface area contributed by atoms with E-state index in [0.717, 1.165) is 23.9 Å². The fourth-order valence-corrected chi connectivity index (χ4v) is 3.62. The molecule has 8 nitrogen and oxygen atoms in total. The van der Waals surface area contributed by atoms with Crippen LogP contribution in [0.5, 0.6) is 5.88 Å². The van der Waals surface area contributed by atoms with Crippen molar-refractivity contribution in [3.05, 3.63) is 30.2 Å². The van der Waals surface area contributed by atoms with Gasteiger partial charge in [-0.1, -0.05) is 0 Å². The van der Waals surface area contributed by atoms with Gasteiger partial charge in [-0.2, -0.15) is 5.10 Å². The number of nitrogens with zero attached hydrogens (tertiary/aromatic N) is 3. The summed E-state index contributed by atoms with van der Waals surface area (Å²) in [7, 11) is 0. The highest BCUT2D eigenvalue weighted by Crippen LogP contribution is 2.35. The largest absolute Gasteiger partial charge is 0.469 e. The summed E-state index contributed by atoms with van der Waals surface area (Å²) in [6.07, 6.45) is 2.60. The molecule has 2 N–H and O–H groups in total. The van der Waals surface area contributed by atoms with Crippen molar-refractivity contribution in [2.24, 2.45) is 5.92 Å². The van der Waals surface area contributed by atoms with E-state index in [1.807, 2.05) is 18.2 Å². The van der Waals surface area contributed by atoms with Crippen LogP contribution in [-0.4, -0.2) is 46.0 Å². The fourth-order valence-electron chi connectivity index (χ4n) is 3.62. The number of carbonyl (C=O) groups is 1. The molecule has 5 rings (SSSR count). The van der Waals surface area contributed by atoms with Crippen LogP contribution < -0.4 is 15.4 Å². The van der Waals surface area contributed by atoms with E-state index in [2.05, 4.69) is 20.9 Å². The van der Waals surface area contributed by atoms with E-state index in [1.54, 1.807) is 17.6 Å². The van der Waals surface area contributed by atoms with Crippen molar-refractivity contribution in [2.45, 2.75) is 38.5 Å². The molecule has 9 heteroatoms. The summed E-state index contributed by atoms with van der Waals surface area (Å²) in [6, 6.07) is 5.60. The average Bonchev–Trinajstić information content (AvgIpc) is 3.39. The molecule has 1 saturated heterocycles. The summed E-state index contributed by atoms with van der Waals surface area (Å²) >= 11 is 0. The van der Waals surface area contributed by atoms with Crippen LogP contribution in [0.2, 0.25) is 0 Å². The smallest absolute Gasteiger partial charge is 0.262 e. The Labute approximate surface area is 166 Å². The van der Waals surface area contributed by atoms with Gasteiger partial charge in [-0.05, 0) is 55.6 Å². The van der Waals surface area contributed by atoms with Gasteiger partial charge in [-0.25, -0.2) is 8.91 Å². The second kappa shape index (κ2) is 7.14. The number of pyridine rings is 1. The maximum Gasteiger partial charge on any atom is 0.262 e. The molecule has 2 fully saturated rings. The molecule has 1 aliphatic carbocycles. The van der Waals surface area contributed by atoms with Crippen LogP contribution in [0, 0.1) is 12.8 Å². The molecule has 3 aromatic rings. The molecule has 2 atom stereocenters.